The monoisotopic (exact) mass is 217 g/mol. The first-order valence-electron chi connectivity index (χ1n) is 4.71. The third-order valence-corrected chi connectivity index (χ3v) is 2.31. The van der Waals surface area contributed by atoms with Crippen molar-refractivity contribution in [2.75, 3.05) is 5.73 Å². The van der Waals surface area contributed by atoms with E-state index in [4.69, 9.17) is 10.8 Å². The first-order valence-corrected chi connectivity index (χ1v) is 4.71. The Morgan fingerprint density at radius 3 is 2.50 bits per heavy atom. The molecule has 0 saturated carbocycles. The summed E-state index contributed by atoms with van der Waals surface area (Å²) >= 11 is 0. The van der Waals surface area contributed by atoms with Crippen molar-refractivity contribution in [1.82, 2.24) is 9.78 Å². The largest absolute Gasteiger partial charge is 0.476 e. The molecule has 1 aromatic carbocycles. The Morgan fingerprint density at radius 1 is 1.38 bits per heavy atom. The fourth-order valence-corrected chi connectivity index (χ4v) is 1.50. The van der Waals surface area contributed by atoms with E-state index in [0.717, 1.165) is 11.3 Å². The smallest absolute Gasteiger partial charge is 0.356 e. The van der Waals surface area contributed by atoms with Crippen LogP contribution in [0.25, 0.3) is 11.3 Å². The fraction of sp³-hybridized carbons (Fsp3) is 0.0909. The minimum Gasteiger partial charge on any atom is -0.476 e. The molecule has 2 aromatic rings. The van der Waals surface area contributed by atoms with Gasteiger partial charge in [-0.1, -0.05) is 12.1 Å². The zero-order valence-electron chi connectivity index (χ0n) is 8.71. The highest BCUT2D eigenvalue weighted by molar-refractivity contribution is 5.87. The number of anilines is 1. The van der Waals surface area contributed by atoms with Crippen LogP contribution < -0.4 is 5.73 Å². The number of benzene rings is 1. The van der Waals surface area contributed by atoms with Gasteiger partial charge in [0.2, 0.25) is 0 Å². The second-order valence-corrected chi connectivity index (χ2v) is 3.47. The average Bonchev–Trinajstić information content (AvgIpc) is 2.62. The van der Waals surface area contributed by atoms with Gasteiger partial charge in [0.1, 0.15) is 0 Å². The number of rotatable bonds is 2. The molecule has 0 bridgehead atoms. The number of carboxylic acids is 1. The molecule has 0 aliphatic rings. The number of carbonyl (C=O) groups is 1. The Labute approximate surface area is 92.1 Å². The van der Waals surface area contributed by atoms with E-state index in [1.807, 2.05) is 12.1 Å². The summed E-state index contributed by atoms with van der Waals surface area (Å²) in [5, 5.41) is 12.7. The van der Waals surface area contributed by atoms with Crippen LogP contribution in [-0.2, 0) is 7.05 Å². The third kappa shape index (κ3) is 1.75. The lowest BCUT2D eigenvalue weighted by atomic mass is 10.1. The number of aryl methyl sites for hydroxylation is 1. The van der Waals surface area contributed by atoms with Crippen LogP contribution in [0.2, 0.25) is 0 Å². The molecule has 0 unspecified atom stereocenters. The number of hydrogen-bond acceptors (Lipinski definition) is 3. The third-order valence-electron chi connectivity index (χ3n) is 2.31. The predicted molar refractivity (Wildman–Crippen MR) is 60.0 cm³/mol. The maximum atomic E-state index is 10.8. The van der Waals surface area contributed by atoms with Crippen molar-refractivity contribution in [3.05, 3.63) is 36.0 Å². The van der Waals surface area contributed by atoms with Crippen LogP contribution in [0, 0.1) is 0 Å². The molecule has 0 atom stereocenters. The molecular weight excluding hydrogens is 206 g/mol. The van der Waals surface area contributed by atoms with Crippen molar-refractivity contribution in [1.29, 1.82) is 0 Å². The zero-order chi connectivity index (χ0) is 11.7. The molecule has 2 rings (SSSR count). The van der Waals surface area contributed by atoms with E-state index in [1.54, 1.807) is 19.2 Å². The highest BCUT2D eigenvalue weighted by atomic mass is 16.4. The first-order chi connectivity index (χ1) is 7.58. The molecule has 5 heteroatoms. The average molecular weight is 217 g/mol. The molecule has 0 radical (unpaired) electrons. The van der Waals surface area contributed by atoms with E-state index in [-0.39, 0.29) is 5.69 Å². The Kier molecular flexibility index (Phi) is 2.36. The van der Waals surface area contributed by atoms with Gasteiger partial charge in [-0.2, -0.15) is 5.10 Å². The van der Waals surface area contributed by atoms with Crippen LogP contribution in [0.3, 0.4) is 0 Å². The van der Waals surface area contributed by atoms with Gasteiger partial charge in [-0.3, -0.25) is 4.68 Å². The predicted octanol–water partition coefficient (Wildman–Crippen LogP) is 1.37. The van der Waals surface area contributed by atoms with Gasteiger partial charge in [0, 0.05) is 12.7 Å². The number of hydrogen-bond donors (Lipinski definition) is 2. The molecule has 0 aliphatic heterocycles. The molecule has 0 fully saturated rings. The number of nitrogens with zero attached hydrogens (tertiary/aromatic N) is 2. The number of nitrogens with two attached hydrogens (primary N) is 1. The van der Waals surface area contributed by atoms with Crippen LogP contribution in [0.4, 0.5) is 5.69 Å². The van der Waals surface area contributed by atoms with E-state index in [2.05, 4.69) is 5.10 Å². The maximum Gasteiger partial charge on any atom is 0.356 e. The highest BCUT2D eigenvalue weighted by Crippen LogP contribution is 2.20. The summed E-state index contributed by atoms with van der Waals surface area (Å²) < 4.78 is 1.54. The second-order valence-electron chi connectivity index (χ2n) is 3.47. The van der Waals surface area contributed by atoms with E-state index in [1.165, 1.54) is 10.7 Å². The van der Waals surface area contributed by atoms with E-state index in [9.17, 15) is 4.79 Å². The van der Waals surface area contributed by atoms with Gasteiger partial charge in [-0.15, -0.1) is 0 Å². The zero-order valence-corrected chi connectivity index (χ0v) is 8.71. The number of aromatic nitrogens is 2. The maximum absolute atomic E-state index is 10.8. The molecule has 5 nitrogen and oxygen atoms in total. The van der Waals surface area contributed by atoms with Gasteiger partial charge in [-0.05, 0) is 23.8 Å². The minimum absolute atomic E-state index is 0.0364. The lowest BCUT2D eigenvalue weighted by Gasteiger charge is -2.01. The van der Waals surface area contributed by atoms with Crippen LogP contribution in [0.1, 0.15) is 10.5 Å². The standard InChI is InChI=1S/C11H11N3O2/c1-14-10(6-9(13-14)11(15)16)7-2-4-8(12)5-3-7/h2-6H,12H2,1H3,(H,15,16). The lowest BCUT2D eigenvalue weighted by Crippen LogP contribution is -1.99. The minimum atomic E-state index is -1.03. The van der Waals surface area contributed by atoms with Crippen molar-refractivity contribution in [2.24, 2.45) is 7.05 Å². The van der Waals surface area contributed by atoms with Crippen LogP contribution >= 0.6 is 0 Å². The van der Waals surface area contributed by atoms with Crippen LogP contribution in [-0.4, -0.2) is 20.9 Å². The summed E-state index contributed by atoms with van der Waals surface area (Å²) in [7, 11) is 1.71. The topological polar surface area (TPSA) is 81.1 Å². The number of carboxylic acid groups (broad SMARTS) is 1. The molecule has 0 spiro atoms. The molecular formula is C11H11N3O2. The summed E-state index contributed by atoms with van der Waals surface area (Å²) in [6.45, 7) is 0. The Hall–Kier alpha value is -2.30. The lowest BCUT2D eigenvalue weighted by molar-refractivity contribution is 0.0689. The van der Waals surface area contributed by atoms with Gasteiger partial charge in [0.05, 0.1) is 5.69 Å². The molecule has 0 saturated heterocycles. The Bertz CT molecular complexity index is 529. The van der Waals surface area contributed by atoms with E-state index in [0.29, 0.717) is 5.69 Å². The summed E-state index contributed by atoms with van der Waals surface area (Å²) in [5.41, 5.74) is 7.92. The van der Waals surface area contributed by atoms with E-state index >= 15 is 0 Å². The van der Waals surface area contributed by atoms with Gasteiger partial charge < -0.3 is 10.8 Å². The van der Waals surface area contributed by atoms with Crippen molar-refractivity contribution in [3.8, 4) is 11.3 Å². The van der Waals surface area contributed by atoms with Crippen molar-refractivity contribution >= 4 is 11.7 Å². The number of nitrogen functional groups attached to an aromatic ring is 1. The quantitative estimate of drug-likeness (QED) is 0.744. The van der Waals surface area contributed by atoms with Crippen molar-refractivity contribution in [2.45, 2.75) is 0 Å². The molecule has 1 heterocycles. The van der Waals surface area contributed by atoms with Crippen LogP contribution in [0.5, 0.6) is 0 Å². The summed E-state index contributed by atoms with van der Waals surface area (Å²) in [6.07, 6.45) is 0. The molecule has 0 amide bonds. The molecule has 82 valence electrons. The molecule has 16 heavy (non-hydrogen) atoms. The molecule has 0 aliphatic carbocycles. The highest BCUT2D eigenvalue weighted by Gasteiger charge is 2.12. The van der Waals surface area contributed by atoms with Crippen LogP contribution in [0.15, 0.2) is 30.3 Å². The normalized spacial score (nSPS) is 10.3. The molecule has 3 N–H and O–H groups in total. The van der Waals surface area contributed by atoms with Gasteiger partial charge in [0.25, 0.3) is 0 Å². The molecule has 1 aromatic heterocycles. The Balaban J connectivity index is 2.47. The van der Waals surface area contributed by atoms with Gasteiger partial charge in [0.15, 0.2) is 5.69 Å². The van der Waals surface area contributed by atoms with Crippen molar-refractivity contribution in [3.63, 3.8) is 0 Å². The van der Waals surface area contributed by atoms with E-state index < -0.39 is 5.97 Å². The fourth-order valence-electron chi connectivity index (χ4n) is 1.50. The second kappa shape index (κ2) is 3.69. The van der Waals surface area contributed by atoms with Gasteiger partial charge >= 0.3 is 5.97 Å². The first kappa shape index (κ1) is 10.2. The SMILES string of the molecule is Cn1nc(C(=O)O)cc1-c1ccc(N)cc1. The summed E-state index contributed by atoms with van der Waals surface area (Å²) in [6, 6.07) is 8.73. The number of aromatic carboxylic acids is 1. The van der Waals surface area contributed by atoms with Crippen molar-refractivity contribution < 1.29 is 9.90 Å². The summed E-state index contributed by atoms with van der Waals surface area (Å²) in [5.74, 6) is -1.03. The Morgan fingerprint density at radius 2 is 2.00 bits per heavy atom. The summed E-state index contributed by atoms with van der Waals surface area (Å²) in [4.78, 5) is 10.8. The van der Waals surface area contributed by atoms with Gasteiger partial charge in [-0.25, -0.2) is 4.79 Å².